The fourth-order valence-corrected chi connectivity index (χ4v) is 3.45. The largest absolute Gasteiger partial charge is 0.306 e. The first-order valence-corrected chi connectivity index (χ1v) is 7.86. The summed E-state index contributed by atoms with van der Waals surface area (Å²) < 4.78 is 2.16. The van der Waals surface area contributed by atoms with E-state index in [1.54, 1.807) is 0 Å². The summed E-state index contributed by atoms with van der Waals surface area (Å²) in [5.41, 5.74) is 4.82. The van der Waals surface area contributed by atoms with Crippen molar-refractivity contribution in [3.8, 4) is 0 Å². The maximum atomic E-state index is 4.59. The number of hydrogen-bond donors (Lipinski definition) is 1. The van der Waals surface area contributed by atoms with Crippen LogP contribution in [0.2, 0.25) is 0 Å². The molecule has 1 N–H and O–H groups in total. The van der Waals surface area contributed by atoms with Crippen LogP contribution in [0.1, 0.15) is 28.8 Å². The van der Waals surface area contributed by atoms with Crippen molar-refractivity contribution in [1.82, 2.24) is 14.7 Å². The molecule has 0 saturated carbocycles. The van der Waals surface area contributed by atoms with Crippen molar-refractivity contribution < 1.29 is 0 Å². The molecule has 0 aliphatic rings. The van der Waals surface area contributed by atoms with Crippen LogP contribution in [0.15, 0.2) is 35.8 Å². The van der Waals surface area contributed by atoms with Gasteiger partial charge in [-0.3, -0.25) is 0 Å². The zero-order valence-electron chi connectivity index (χ0n) is 11.9. The van der Waals surface area contributed by atoms with Crippen molar-refractivity contribution >= 4 is 17.0 Å². The highest BCUT2D eigenvalue weighted by Gasteiger charge is 2.08. The first-order chi connectivity index (χ1) is 9.79. The average molecular weight is 285 g/mol. The topological polar surface area (TPSA) is 29.3 Å². The van der Waals surface area contributed by atoms with Gasteiger partial charge in [-0.2, -0.15) is 0 Å². The maximum Gasteiger partial charge on any atom is 0.137 e. The standard InChI is InChI=1S/C16H19N3S/c1-3-13-7-9-20-15(13)11-17-10-14-12(2)18-16-6-4-5-8-19(14)16/h4-9,17H,3,10-11H2,1-2H3. The highest BCUT2D eigenvalue weighted by Crippen LogP contribution is 2.17. The molecule has 0 aliphatic heterocycles. The molecule has 20 heavy (non-hydrogen) atoms. The molecule has 0 aliphatic carbocycles. The van der Waals surface area contributed by atoms with E-state index in [2.05, 4.69) is 46.2 Å². The van der Waals surface area contributed by atoms with E-state index in [4.69, 9.17) is 0 Å². The quantitative estimate of drug-likeness (QED) is 0.776. The maximum absolute atomic E-state index is 4.59. The Labute approximate surface area is 123 Å². The number of pyridine rings is 1. The third kappa shape index (κ3) is 2.49. The Balaban J connectivity index is 1.73. The monoisotopic (exact) mass is 285 g/mol. The molecule has 0 saturated heterocycles. The fraction of sp³-hybridized carbons (Fsp3) is 0.312. The smallest absolute Gasteiger partial charge is 0.137 e. The molecule has 0 spiro atoms. The van der Waals surface area contributed by atoms with Crippen molar-refractivity contribution in [2.45, 2.75) is 33.4 Å². The summed E-state index contributed by atoms with van der Waals surface area (Å²) in [6.45, 7) is 6.06. The second-order valence-electron chi connectivity index (χ2n) is 4.90. The molecule has 0 fully saturated rings. The average Bonchev–Trinajstić information content (AvgIpc) is 3.03. The van der Waals surface area contributed by atoms with E-state index in [0.717, 1.165) is 30.9 Å². The number of aryl methyl sites for hydroxylation is 2. The molecule has 3 aromatic rings. The predicted octanol–water partition coefficient (Wildman–Crippen LogP) is 3.56. The van der Waals surface area contributed by atoms with Crippen molar-refractivity contribution in [2.75, 3.05) is 0 Å². The summed E-state index contributed by atoms with van der Waals surface area (Å²) >= 11 is 1.83. The van der Waals surface area contributed by atoms with Gasteiger partial charge in [0.1, 0.15) is 5.65 Å². The van der Waals surface area contributed by atoms with Crippen LogP contribution in [0.3, 0.4) is 0 Å². The minimum Gasteiger partial charge on any atom is -0.306 e. The van der Waals surface area contributed by atoms with Crippen LogP contribution in [0.25, 0.3) is 5.65 Å². The molecule has 0 aromatic carbocycles. The van der Waals surface area contributed by atoms with E-state index in [-0.39, 0.29) is 0 Å². The molecule has 0 atom stereocenters. The summed E-state index contributed by atoms with van der Waals surface area (Å²) in [7, 11) is 0. The van der Waals surface area contributed by atoms with Crippen LogP contribution < -0.4 is 5.32 Å². The Morgan fingerprint density at radius 3 is 3.00 bits per heavy atom. The molecule has 0 amide bonds. The van der Waals surface area contributed by atoms with Gasteiger partial charge in [0.25, 0.3) is 0 Å². The molecule has 3 nitrogen and oxygen atoms in total. The van der Waals surface area contributed by atoms with Crippen molar-refractivity contribution in [3.05, 3.63) is 57.7 Å². The molecular formula is C16H19N3S. The van der Waals surface area contributed by atoms with E-state index in [9.17, 15) is 0 Å². The lowest BCUT2D eigenvalue weighted by Gasteiger charge is -2.06. The van der Waals surface area contributed by atoms with Crippen molar-refractivity contribution in [1.29, 1.82) is 0 Å². The summed E-state index contributed by atoms with van der Waals surface area (Å²) in [5, 5.41) is 5.72. The molecule has 104 valence electrons. The highest BCUT2D eigenvalue weighted by atomic mass is 32.1. The van der Waals surface area contributed by atoms with Gasteiger partial charge in [0, 0.05) is 24.2 Å². The zero-order valence-corrected chi connectivity index (χ0v) is 12.7. The number of aromatic nitrogens is 2. The molecular weight excluding hydrogens is 266 g/mol. The molecule has 3 aromatic heterocycles. The third-order valence-corrected chi connectivity index (χ3v) is 4.59. The Morgan fingerprint density at radius 1 is 1.25 bits per heavy atom. The Morgan fingerprint density at radius 2 is 2.15 bits per heavy atom. The number of nitrogens with zero attached hydrogens (tertiary/aromatic N) is 2. The molecule has 4 heteroatoms. The number of fused-ring (bicyclic) bond motifs is 1. The highest BCUT2D eigenvalue weighted by molar-refractivity contribution is 7.10. The lowest BCUT2D eigenvalue weighted by atomic mass is 10.2. The number of hydrogen-bond acceptors (Lipinski definition) is 3. The van der Waals surface area contributed by atoms with Crippen LogP contribution in [0.5, 0.6) is 0 Å². The number of imidazole rings is 1. The Bertz CT molecular complexity index is 711. The second kappa shape index (κ2) is 5.77. The van der Waals surface area contributed by atoms with Gasteiger partial charge < -0.3 is 9.72 Å². The van der Waals surface area contributed by atoms with Crippen LogP contribution in [-0.2, 0) is 19.5 Å². The number of rotatable bonds is 5. The van der Waals surface area contributed by atoms with Gasteiger partial charge in [-0.15, -0.1) is 11.3 Å². The third-order valence-electron chi connectivity index (χ3n) is 3.63. The van der Waals surface area contributed by atoms with Gasteiger partial charge >= 0.3 is 0 Å². The van der Waals surface area contributed by atoms with E-state index in [1.807, 2.05) is 29.5 Å². The SMILES string of the molecule is CCc1ccsc1CNCc1c(C)nc2ccccn12. The Hall–Kier alpha value is -1.65. The fourth-order valence-electron chi connectivity index (χ4n) is 2.51. The molecule has 3 rings (SSSR count). The minimum atomic E-state index is 0.845. The summed E-state index contributed by atoms with van der Waals surface area (Å²) in [6, 6.07) is 8.34. The van der Waals surface area contributed by atoms with E-state index >= 15 is 0 Å². The van der Waals surface area contributed by atoms with Crippen molar-refractivity contribution in [2.24, 2.45) is 0 Å². The predicted molar refractivity (Wildman–Crippen MR) is 84.2 cm³/mol. The van der Waals surface area contributed by atoms with Crippen LogP contribution in [-0.4, -0.2) is 9.38 Å². The Kier molecular flexibility index (Phi) is 3.85. The number of thiophene rings is 1. The van der Waals surface area contributed by atoms with Gasteiger partial charge in [-0.1, -0.05) is 13.0 Å². The normalized spacial score (nSPS) is 11.3. The van der Waals surface area contributed by atoms with E-state index in [0.29, 0.717) is 0 Å². The van der Waals surface area contributed by atoms with Crippen LogP contribution >= 0.6 is 11.3 Å². The first-order valence-electron chi connectivity index (χ1n) is 6.98. The van der Waals surface area contributed by atoms with Gasteiger partial charge in [-0.05, 0) is 42.5 Å². The van der Waals surface area contributed by atoms with Gasteiger partial charge in [0.05, 0.1) is 11.4 Å². The van der Waals surface area contributed by atoms with Crippen LogP contribution in [0.4, 0.5) is 0 Å². The first kappa shape index (κ1) is 13.3. The molecule has 0 bridgehead atoms. The molecule has 0 radical (unpaired) electrons. The van der Waals surface area contributed by atoms with Crippen LogP contribution in [0, 0.1) is 6.92 Å². The summed E-state index contributed by atoms with van der Waals surface area (Å²) in [6.07, 6.45) is 3.18. The summed E-state index contributed by atoms with van der Waals surface area (Å²) in [4.78, 5) is 6.03. The lowest BCUT2D eigenvalue weighted by Crippen LogP contribution is -2.14. The van der Waals surface area contributed by atoms with E-state index < -0.39 is 0 Å². The zero-order chi connectivity index (χ0) is 13.9. The van der Waals surface area contributed by atoms with Gasteiger partial charge in [0.15, 0.2) is 0 Å². The number of nitrogens with one attached hydrogen (secondary N) is 1. The van der Waals surface area contributed by atoms with E-state index in [1.165, 1.54) is 16.1 Å². The summed E-state index contributed by atoms with van der Waals surface area (Å²) in [5.74, 6) is 0. The second-order valence-corrected chi connectivity index (χ2v) is 5.90. The minimum absolute atomic E-state index is 0.845. The van der Waals surface area contributed by atoms with Gasteiger partial charge in [0.2, 0.25) is 0 Å². The lowest BCUT2D eigenvalue weighted by molar-refractivity contribution is 0.675. The van der Waals surface area contributed by atoms with Gasteiger partial charge in [-0.25, -0.2) is 4.98 Å². The molecule has 0 unspecified atom stereocenters. The molecule has 3 heterocycles. The van der Waals surface area contributed by atoms with Crippen molar-refractivity contribution in [3.63, 3.8) is 0 Å².